The molecule has 0 saturated heterocycles. The van der Waals surface area contributed by atoms with Crippen molar-refractivity contribution in [3.8, 4) is 0 Å². The number of aromatic nitrogens is 2. The molecular formula is C15H14N4OS. The number of hydrogen-bond acceptors (Lipinski definition) is 5. The van der Waals surface area contributed by atoms with Crippen LogP contribution in [-0.2, 0) is 6.42 Å². The van der Waals surface area contributed by atoms with Crippen LogP contribution in [0.4, 0.5) is 5.13 Å². The Kier molecular flexibility index (Phi) is 3.89. The molecule has 5 nitrogen and oxygen atoms in total. The normalized spacial score (nSPS) is 10.7. The third-order valence-corrected chi connectivity index (χ3v) is 3.98. The van der Waals surface area contributed by atoms with E-state index < -0.39 is 0 Å². The Morgan fingerprint density at radius 1 is 1.14 bits per heavy atom. The molecule has 1 amide bonds. The standard InChI is InChI=1S/C15H14N4OS/c16-9-8-13-18-19-15(21-13)17-14(20)12-7-3-5-10-4-1-2-6-11(10)12/h1-7H,8-9,16H2,(H,17,19,20). The van der Waals surface area contributed by atoms with Gasteiger partial charge in [-0.15, -0.1) is 10.2 Å². The number of anilines is 1. The summed E-state index contributed by atoms with van der Waals surface area (Å²) in [5.41, 5.74) is 6.10. The molecule has 2 aromatic carbocycles. The largest absolute Gasteiger partial charge is 0.330 e. The van der Waals surface area contributed by atoms with Crippen LogP contribution in [0.1, 0.15) is 15.4 Å². The zero-order chi connectivity index (χ0) is 14.7. The fourth-order valence-electron chi connectivity index (χ4n) is 2.12. The fraction of sp³-hybridized carbons (Fsp3) is 0.133. The molecule has 0 atom stereocenters. The predicted molar refractivity (Wildman–Crippen MR) is 84.6 cm³/mol. The minimum absolute atomic E-state index is 0.178. The van der Waals surface area contributed by atoms with E-state index in [9.17, 15) is 4.79 Å². The van der Waals surface area contributed by atoms with Crippen LogP contribution in [0.3, 0.4) is 0 Å². The van der Waals surface area contributed by atoms with E-state index in [2.05, 4.69) is 15.5 Å². The Morgan fingerprint density at radius 3 is 2.81 bits per heavy atom. The van der Waals surface area contributed by atoms with Gasteiger partial charge in [0.25, 0.3) is 5.91 Å². The highest BCUT2D eigenvalue weighted by Gasteiger charge is 2.12. The first-order valence-corrected chi connectivity index (χ1v) is 7.41. The van der Waals surface area contributed by atoms with E-state index in [1.807, 2.05) is 36.4 Å². The highest BCUT2D eigenvalue weighted by Crippen LogP contribution is 2.21. The Labute approximate surface area is 125 Å². The van der Waals surface area contributed by atoms with Crippen molar-refractivity contribution in [2.24, 2.45) is 5.73 Å². The maximum Gasteiger partial charge on any atom is 0.258 e. The van der Waals surface area contributed by atoms with E-state index in [4.69, 9.17) is 5.73 Å². The van der Waals surface area contributed by atoms with Crippen molar-refractivity contribution in [1.29, 1.82) is 0 Å². The van der Waals surface area contributed by atoms with Crippen LogP contribution in [0.15, 0.2) is 42.5 Å². The van der Waals surface area contributed by atoms with Crippen molar-refractivity contribution in [1.82, 2.24) is 10.2 Å². The summed E-state index contributed by atoms with van der Waals surface area (Å²) < 4.78 is 0. The van der Waals surface area contributed by atoms with Gasteiger partial charge in [-0.2, -0.15) is 0 Å². The average molecular weight is 298 g/mol. The van der Waals surface area contributed by atoms with Crippen molar-refractivity contribution in [2.75, 3.05) is 11.9 Å². The van der Waals surface area contributed by atoms with Crippen molar-refractivity contribution < 1.29 is 4.79 Å². The van der Waals surface area contributed by atoms with Gasteiger partial charge in [0.2, 0.25) is 5.13 Å². The molecule has 0 unspecified atom stereocenters. The second-order valence-electron chi connectivity index (χ2n) is 4.52. The van der Waals surface area contributed by atoms with Crippen LogP contribution in [0.25, 0.3) is 10.8 Å². The Hall–Kier alpha value is -2.31. The monoisotopic (exact) mass is 298 g/mol. The summed E-state index contributed by atoms with van der Waals surface area (Å²) in [5, 5.41) is 14.0. The minimum atomic E-state index is -0.178. The van der Waals surface area contributed by atoms with Crippen LogP contribution < -0.4 is 11.1 Å². The maximum atomic E-state index is 12.4. The summed E-state index contributed by atoms with van der Waals surface area (Å²) in [7, 11) is 0. The zero-order valence-corrected chi connectivity index (χ0v) is 12.1. The maximum absolute atomic E-state index is 12.4. The van der Waals surface area contributed by atoms with Gasteiger partial charge >= 0.3 is 0 Å². The SMILES string of the molecule is NCCc1nnc(NC(=O)c2cccc3ccccc23)s1. The molecule has 0 aliphatic carbocycles. The van der Waals surface area contributed by atoms with Crippen molar-refractivity contribution in [3.63, 3.8) is 0 Å². The molecule has 106 valence electrons. The van der Waals surface area contributed by atoms with E-state index in [0.29, 0.717) is 23.7 Å². The number of benzene rings is 2. The number of amides is 1. The molecule has 0 aliphatic heterocycles. The van der Waals surface area contributed by atoms with Gasteiger partial charge in [-0.05, 0) is 23.4 Å². The van der Waals surface area contributed by atoms with Crippen LogP contribution in [0, 0.1) is 0 Å². The number of carbonyl (C=O) groups excluding carboxylic acids is 1. The minimum Gasteiger partial charge on any atom is -0.330 e. The third kappa shape index (κ3) is 2.91. The first kappa shape index (κ1) is 13.7. The lowest BCUT2D eigenvalue weighted by atomic mass is 10.0. The molecule has 6 heteroatoms. The lowest BCUT2D eigenvalue weighted by molar-refractivity contribution is 0.102. The second kappa shape index (κ2) is 5.99. The predicted octanol–water partition coefficient (Wildman–Crippen LogP) is 2.44. The van der Waals surface area contributed by atoms with Crippen molar-refractivity contribution >= 4 is 33.1 Å². The molecule has 3 aromatic rings. The zero-order valence-electron chi connectivity index (χ0n) is 11.2. The molecule has 21 heavy (non-hydrogen) atoms. The van der Waals surface area contributed by atoms with E-state index in [1.54, 1.807) is 6.07 Å². The van der Waals surface area contributed by atoms with E-state index in [1.165, 1.54) is 11.3 Å². The Balaban J connectivity index is 1.86. The summed E-state index contributed by atoms with van der Waals surface area (Å²) in [5.74, 6) is -0.178. The van der Waals surface area contributed by atoms with E-state index in [0.717, 1.165) is 15.8 Å². The lowest BCUT2D eigenvalue weighted by Gasteiger charge is -2.05. The fourth-order valence-corrected chi connectivity index (χ4v) is 2.87. The number of hydrogen-bond donors (Lipinski definition) is 2. The highest BCUT2D eigenvalue weighted by atomic mass is 32.1. The van der Waals surface area contributed by atoms with E-state index in [-0.39, 0.29) is 5.91 Å². The van der Waals surface area contributed by atoms with Gasteiger partial charge in [0, 0.05) is 12.0 Å². The van der Waals surface area contributed by atoms with Crippen LogP contribution >= 0.6 is 11.3 Å². The number of carbonyl (C=O) groups is 1. The highest BCUT2D eigenvalue weighted by molar-refractivity contribution is 7.15. The van der Waals surface area contributed by atoms with Gasteiger partial charge in [0.1, 0.15) is 5.01 Å². The van der Waals surface area contributed by atoms with Crippen molar-refractivity contribution in [3.05, 3.63) is 53.0 Å². The van der Waals surface area contributed by atoms with Gasteiger partial charge in [-0.3, -0.25) is 10.1 Å². The molecule has 1 aromatic heterocycles. The molecule has 0 spiro atoms. The van der Waals surface area contributed by atoms with Gasteiger partial charge in [-0.25, -0.2) is 0 Å². The Bertz CT molecular complexity index is 779. The molecule has 3 rings (SSSR count). The molecule has 0 bridgehead atoms. The number of nitrogens with one attached hydrogen (secondary N) is 1. The van der Waals surface area contributed by atoms with Crippen LogP contribution in [-0.4, -0.2) is 22.6 Å². The topological polar surface area (TPSA) is 80.9 Å². The summed E-state index contributed by atoms with van der Waals surface area (Å²) in [6.45, 7) is 0.520. The summed E-state index contributed by atoms with van der Waals surface area (Å²) in [4.78, 5) is 12.4. The summed E-state index contributed by atoms with van der Waals surface area (Å²) in [6, 6.07) is 13.4. The molecule has 0 saturated carbocycles. The summed E-state index contributed by atoms with van der Waals surface area (Å²) >= 11 is 1.35. The molecule has 3 N–H and O–H groups in total. The molecule has 0 fully saturated rings. The van der Waals surface area contributed by atoms with Crippen LogP contribution in [0.5, 0.6) is 0 Å². The van der Waals surface area contributed by atoms with Gasteiger partial charge < -0.3 is 5.73 Å². The lowest BCUT2D eigenvalue weighted by Crippen LogP contribution is -2.12. The number of fused-ring (bicyclic) bond motifs is 1. The number of nitrogens with two attached hydrogens (primary N) is 1. The first-order chi connectivity index (χ1) is 10.3. The second-order valence-corrected chi connectivity index (χ2v) is 5.58. The van der Waals surface area contributed by atoms with Crippen LogP contribution in [0.2, 0.25) is 0 Å². The smallest absolute Gasteiger partial charge is 0.258 e. The summed E-state index contributed by atoms with van der Waals surface area (Å²) in [6.07, 6.45) is 0.668. The third-order valence-electron chi connectivity index (χ3n) is 3.08. The van der Waals surface area contributed by atoms with Gasteiger partial charge in [0.05, 0.1) is 0 Å². The quantitative estimate of drug-likeness (QED) is 0.775. The van der Waals surface area contributed by atoms with Gasteiger partial charge in [0.15, 0.2) is 0 Å². The molecule has 0 aliphatic rings. The molecule has 1 heterocycles. The number of rotatable bonds is 4. The Morgan fingerprint density at radius 2 is 1.95 bits per heavy atom. The van der Waals surface area contributed by atoms with E-state index >= 15 is 0 Å². The van der Waals surface area contributed by atoms with Crippen molar-refractivity contribution in [2.45, 2.75) is 6.42 Å². The first-order valence-electron chi connectivity index (χ1n) is 6.59. The average Bonchev–Trinajstić information content (AvgIpc) is 2.94. The molecular weight excluding hydrogens is 284 g/mol. The number of nitrogens with zero attached hydrogens (tertiary/aromatic N) is 2. The van der Waals surface area contributed by atoms with Gasteiger partial charge in [-0.1, -0.05) is 47.7 Å². The molecule has 0 radical (unpaired) electrons.